The molecule has 2 N–H and O–H groups in total. The summed E-state index contributed by atoms with van der Waals surface area (Å²) in [5, 5.41) is 4.01. The van der Waals surface area contributed by atoms with E-state index < -0.39 is 11.7 Å². The van der Waals surface area contributed by atoms with Gasteiger partial charge in [0, 0.05) is 5.69 Å². The minimum atomic E-state index is -4.44. The van der Waals surface area contributed by atoms with Crippen molar-refractivity contribution in [2.45, 2.75) is 24.3 Å². The molecule has 1 aromatic carbocycles. The molecule has 8 heteroatoms. The Morgan fingerprint density at radius 3 is 2.81 bits per heavy atom. The summed E-state index contributed by atoms with van der Waals surface area (Å²) in [6.07, 6.45) is -2.42. The molecule has 0 radical (unpaired) electrons. The van der Waals surface area contributed by atoms with Gasteiger partial charge in [-0.3, -0.25) is 0 Å². The highest BCUT2D eigenvalue weighted by Crippen LogP contribution is 2.40. The van der Waals surface area contributed by atoms with E-state index >= 15 is 0 Å². The van der Waals surface area contributed by atoms with Gasteiger partial charge in [0.2, 0.25) is 0 Å². The Morgan fingerprint density at radius 2 is 2.14 bits per heavy atom. The Kier molecular flexibility index (Phi) is 3.56. The van der Waals surface area contributed by atoms with E-state index in [1.54, 1.807) is 11.8 Å². The zero-order valence-corrected chi connectivity index (χ0v) is 11.7. The van der Waals surface area contributed by atoms with Crippen LogP contribution in [0.2, 0.25) is 0 Å². The van der Waals surface area contributed by atoms with Crippen LogP contribution < -0.4 is 5.73 Å². The van der Waals surface area contributed by atoms with E-state index in [0.717, 1.165) is 30.7 Å². The Labute approximate surface area is 122 Å². The Balaban J connectivity index is 1.96. The quantitative estimate of drug-likeness (QED) is 0.851. The Morgan fingerprint density at radius 1 is 1.33 bits per heavy atom. The minimum absolute atomic E-state index is 0.0288. The largest absolute Gasteiger partial charge is 0.416 e. The van der Waals surface area contributed by atoms with Crippen LogP contribution in [0.25, 0.3) is 11.5 Å². The van der Waals surface area contributed by atoms with Gasteiger partial charge in [-0.15, -0.1) is 0 Å². The highest BCUT2D eigenvalue weighted by molar-refractivity contribution is 7.99. The molecule has 1 aromatic heterocycles. The second-order valence-corrected chi connectivity index (χ2v) is 6.07. The van der Waals surface area contributed by atoms with Gasteiger partial charge >= 0.3 is 6.18 Å². The van der Waals surface area contributed by atoms with Gasteiger partial charge in [0.25, 0.3) is 5.89 Å². The molecule has 0 amide bonds. The third kappa shape index (κ3) is 2.85. The summed E-state index contributed by atoms with van der Waals surface area (Å²) < 4.78 is 43.4. The molecule has 1 unspecified atom stereocenters. The van der Waals surface area contributed by atoms with Crippen molar-refractivity contribution < 1.29 is 17.7 Å². The standard InChI is InChI=1S/C13H12F3N3OS/c14-13(15,16)7-3-4-9(17)8(6-7)12-18-11(19-20-12)10-2-1-5-21-10/h3-4,6,10H,1-2,5,17H2. The third-order valence-electron chi connectivity index (χ3n) is 3.27. The predicted octanol–water partition coefficient (Wildman–Crippen LogP) is 3.91. The zero-order chi connectivity index (χ0) is 15.0. The summed E-state index contributed by atoms with van der Waals surface area (Å²) in [4.78, 5) is 4.20. The summed E-state index contributed by atoms with van der Waals surface area (Å²) in [7, 11) is 0. The van der Waals surface area contributed by atoms with Crippen LogP contribution in [0.4, 0.5) is 18.9 Å². The highest BCUT2D eigenvalue weighted by atomic mass is 32.2. The molecule has 0 spiro atoms. The first-order valence-electron chi connectivity index (χ1n) is 6.37. The predicted molar refractivity (Wildman–Crippen MR) is 73.6 cm³/mol. The summed E-state index contributed by atoms with van der Waals surface area (Å²) in [6, 6.07) is 3.07. The first-order valence-corrected chi connectivity index (χ1v) is 7.42. The van der Waals surface area contributed by atoms with Crippen LogP contribution in [-0.4, -0.2) is 15.9 Å². The lowest BCUT2D eigenvalue weighted by Gasteiger charge is -2.08. The van der Waals surface area contributed by atoms with E-state index in [0.29, 0.717) is 5.82 Å². The van der Waals surface area contributed by atoms with E-state index in [-0.39, 0.29) is 22.4 Å². The second kappa shape index (κ2) is 5.25. The van der Waals surface area contributed by atoms with Gasteiger partial charge in [-0.2, -0.15) is 29.9 Å². The van der Waals surface area contributed by atoms with Gasteiger partial charge in [0.05, 0.1) is 16.4 Å². The smallest absolute Gasteiger partial charge is 0.398 e. The fourth-order valence-corrected chi connectivity index (χ4v) is 3.37. The van der Waals surface area contributed by atoms with Crippen LogP contribution in [0.5, 0.6) is 0 Å². The number of aromatic nitrogens is 2. The van der Waals surface area contributed by atoms with Crippen LogP contribution in [-0.2, 0) is 6.18 Å². The normalized spacial score (nSPS) is 19.1. The van der Waals surface area contributed by atoms with Crippen LogP contribution in [0.1, 0.15) is 29.5 Å². The maximum atomic E-state index is 12.8. The molecule has 21 heavy (non-hydrogen) atoms. The summed E-state index contributed by atoms with van der Waals surface area (Å²) in [6.45, 7) is 0. The number of alkyl halides is 3. The van der Waals surface area contributed by atoms with Crippen molar-refractivity contribution in [2.24, 2.45) is 0 Å². The van der Waals surface area contributed by atoms with E-state index in [1.165, 1.54) is 6.07 Å². The average Bonchev–Trinajstić information content (AvgIpc) is 3.09. The van der Waals surface area contributed by atoms with Gasteiger partial charge < -0.3 is 10.3 Å². The van der Waals surface area contributed by atoms with Gasteiger partial charge in [-0.25, -0.2) is 0 Å². The molecule has 0 aliphatic carbocycles. The number of anilines is 1. The SMILES string of the molecule is Nc1ccc(C(F)(F)F)cc1-c1nc(C2CCCS2)no1. The molecule has 1 saturated heterocycles. The first-order chi connectivity index (χ1) is 9.95. The molecule has 112 valence electrons. The maximum absolute atomic E-state index is 12.8. The zero-order valence-electron chi connectivity index (χ0n) is 10.9. The number of benzene rings is 1. The number of rotatable bonds is 2. The third-order valence-corrected chi connectivity index (χ3v) is 4.64. The van der Waals surface area contributed by atoms with Crippen molar-refractivity contribution in [1.82, 2.24) is 10.1 Å². The monoisotopic (exact) mass is 315 g/mol. The number of thioether (sulfide) groups is 1. The van der Waals surface area contributed by atoms with Gasteiger partial charge in [-0.1, -0.05) is 5.16 Å². The topological polar surface area (TPSA) is 64.9 Å². The van der Waals surface area contributed by atoms with Gasteiger partial charge in [0.15, 0.2) is 5.82 Å². The summed E-state index contributed by atoms with van der Waals surface area (Å²) >= 11 is 1.72. The molecule has 1 fully saturated rings. The van der Waals surface area contributed by atoms with E-state index in [9.17, 15) is 13.2 Å². The molecular formula is C13H12F3N3OS. The van der Waals surface area contributed by atoms with Gasteiger partial charge in [0.1, 0.15) is 0 Å². The van der Waals surface area contributed by atoms with E-state index in [2.05, 4.69) is 10.1 Å². The van der Waals surface area contributed by atoms with Crippen molar-refractivity contribution in [1.29, 1.82) is 0 Å². The lowest BCUT2D eigenvalue weighted by Crippen LogP contribution is -2.05. The number of halogens is 3. The fraction of sp³-hybridized carbons (Fsp3) is 0.385. The van der Waals surface area contributed by atoms with Crippen molar-refractivity contribution >= 4 is 17.4 Å². The molecule has 4 nitrogen and oxygen atoms in total. The summed E-state index contributed by atoms with van der Waals surface area (Å²) in [5.41, 5.74) is 5.23. The van der Waals surface area contributed by atoms with Gasteiger partial charge in [-0.05, 0) is 36.8 Å². The van der Waals surface area contributed by atoms with Crippen molar-refractivity contribution in [2.75, 3.05) is 11.5 Å². The molecule has 0 bridgehead atoms. The number of hydrogen-bond donors (Lipinski definition) is 1. The van der Waals surface area contributed by atoms with Crippen molar-refractivity contribution in [3.63, 3.8) is 0 Å². The minimum Gasteiger partial charge on any atom is -0.398 e. The fourth-order valence-electron chi connectivity index (χ4n) is 2.17. The molecule has 2 aromatic rings. The molecular weight excluding hydrogens is 303 g/mol. The van der Waals surface area contributed by atoms with E-state index in [1.807, 2.05) is 0 Å². The van der Waals surface area contributed by atoms with Crippen molar-refractivity contribution in [3.8, 4) is 11.5 Å². The molecule has 2 heterocycles. The average molecular weight is 315 g/mol. The van der Waals surface area contributed by atoms with Crippen LogP contribution >= 0.6 is 11.8 Å². The number of hydrogen-bond acceptors (Lipinski definition) is 5. The Hall–Kier alpha value is -1.70. The molecule has 1 aliphatic rings. The number of nitrogens with two attached hydrogens (primary N) is 1. The Bertz CT molecular complexity index is 650. The molecule has 3 rings (SSSR count). The molecule has 1 aliphatic heterocycles. The first kappa shape index (κ1) is 14.2. The lowest BCUT2D eigenvalue weighted by molar-refractivity contribution is -0.137. The number of nitrogens with zero attached hydrogens (tertiary/aromatic N) is 2. The lowest BCUT2D eigenvalue weighted by atomic mass is 10.1. The van der Waals surface area contributed by atoms with Crippen LogP contribution in [0.15, 0.2) is 22.7 Å². The molecule has 1 atom stereocenters. The van der Waals surface area contributed by atoms with Crippen LogP contribution in [0.3, 0.4) is 0 Å². The van der Waals surface area contributed by atoms with E-state index in [4.69, 9.17) is 10.3 Å². The van der Waals surface area contributed by atoms with Crippen LogP contribution in [0, 0.1) is 0 Å². The molecule has 0 saturated carbocycles. The second-order valence-electron chi connectivity index (χ2n) is 4.76. The summed E-state index contributed by atoms with van der Waals surface area (Å²) in [5.74, 6) is 1.57. The number of nitrogen functional groups attached to an aromatic ring is 1. The van der Waals surface area contributed by atoms with Crippen molar-refractivity contribution in [3.05, 3.63) is 29.6 Å². The maximum Gasteiger partial charge on any atom is 0.416 e. The highest BCUT2D eigenvalue weighted by Gasteiger charge is 2.32.